The molecule has 2 atom stereocenters. The SMILES string of the molecule is O=C(O)c1ccc(C(=O)N2CCC3(S(=O)(=O)c4ccccc4)c4ccc(C(F)(C(F)(F)F)C(F)(F)F)cc4OCC23)cc1. The van der Waals surface area contributed by atoms with Crippen LogP contribution in [0.1, 0.15) is 38.3 Å². The van der Waals surface area contributed by atoms with Gasteiger partial charge in [0.15, 0.2) is 9.84 Å². The van der Waals surface area contributed by atoms with Crippen molar-refractivity contribution in [1.82, 2.24) is 4.90 Å². The van der Waals surface area contributed by atoms with Crippen LogP contribution >= 0.6 is 0 Å². The van der Waals surface area contributed by atoms with Crippen molar-refractivity contribution in [1.29, 1.82) is 0 Å². The average Bonchev–Trinajstić information content (AvgIpc) is 3.37. The monoisotopic (exact) mass is 631 g/mol. The van der Waals surface area contributed by atoms with Gasteiger partial charge in [0.1, 0.15) is 17.1 Å². The molecule has 43 heavy (non-hydrogen) atoms. The lowest BCUT2D eigenvalue weighted by molar-refractivity contribution is -0.348. The van der Waals surface area contributed by atoms with Gasteiger partial charge in [-0.15, -0.1) is 0 Å². The Labute approximate surface area is 239 Å². The number of carboxylic acids is 1. The lowest BCUT2D eigenvalue weighted by atomic mass is 9.85. The zero-order chi connectivity index (χ0) is 31.6. The summed E-state index contributed by atoms with van der Waals surface area (Å²) < 4.78 is 128. The van der Waals surface area contributed by atoms with Crippen molar-refractivity contribution in [3.05, 3.63) is 95.1 Å². The first-order chi connectivity index (χ1) is 20.0. The predicted molar refractivity (Wildman–Crippen MR) is 135 cm³/mol. The summed E-state index contributed by atoms with van der Waals surface area (Å²) >= 11 is 0. The van der Waals surface area contributed by atoms with Crippen molar-refractivity contribution < 1.29 is 58.6 Å². The molecule has 15 heteroatoms. The number of halogens is 7. The van der Waals surface area contributed by atoms with Crippen LogP contribution in [0.4, 0.5) is 30.7 Å². The molecule has 228 valence electrons. The van der Waals surface area contributed by atoms with Crippen LogP contribution in [0.3, 0.4) is 0 Å². The molecule has 0 aliphatic carbocycles. The molecule has 5 rings (SSSR count). The van der Waals surface area contributed by atoms with Gasteiger partial charge in [0.05, 0.1) is 16.5 Å². The van der Waals surface area contributed by atoms with Crippen molar-refractivity contribution >= 4 is 21.7 Å². The summed E-state index contributed by atoms with van der Waals surface area (Å²) in [6.07, 6.45) is -13.1. The molecule has 1 N–H and O–H groups in total. The summed E-state index contributed by atoms with van der Waals surface area (Å²) in [5, 5.41) is 9.14. The van der Waals surface area contributed by atoms with Gasteiger partial charge in [-0.3, -0.25) is 4.79 Å². The maximum atomic E-state index is 14.9. The van der Waals surface area contributed by atoms with E-state index in [-0.39, 0.29) is 46.7 Å². The van der Waals surface area contributed by atoms with E-state index >= 15 is 0 Å². The molecule has 2 aliphatic rings. The van der Waals surface area contributed by atoms with E-state index in [9.17, 15) is 48.7 Å². The fourth-order valence-corrected chi connectivity index (χ4v) is 8.00. The molecule has 2 heterocycles. The number of aromatic carboxylic acids is 1. The van der Waals surface area contributed by atoms with Gasteiger partial charge >= 0.3 is 24.0 Å². The highest BCUT2D eigenvalue weighted by Crippen LogP contribution is 2.57. The van der Waals surface area contributed by atoms with Gasteiger partial charge in [-0.25, -0.2) is 17.6 Å². The Balaban J connectivity index is 1.67. The number of amides is 1. The second kappa shape index (κ2) is 9.96. The molecular formula is C28H20F7NO6S. The fourth-order valence-electron chi connectivity index (χ4n) is 5.69. The number of carbonyl (C=O) groups excluding carboxylic acids is 1. The standard InChI is InChI=1S/C28H20F7NO6S/c29-26(27(30,31)32,28(33,34)35)18-10-11-20-21(14-18)42-15-22-25(20,43(40,41)19-4-2-1-3-5-19)12-13-36(22)23(37)16-6-8-17(9-7-16)24(38)39/h1-11,14,22H,12-13,15H2,(H,38,39). The quantitative estimate of drug-likeness (QED) is 0.366. The molecule has 3 aromatic carbocycles. The number of nitrogens with zero attached hydrogens (tertiary/aromatic N) is 1. The van der Waals surface area contributed by atoms with Gasteiger partial charge < -0.3 is 14.7 Å². The number of rotatable bonds is 5. The number of alkyl halides is 7. The molecule has 2 aliphatic heterocycles. The van der Waals surface area contributed by atoms with Crippen LogP contribution in [0.25, 0.3) is 0 Å². The summed E-state index contributed by atoms with van der Waals surface area (Å²) in [5.41, 5.74) is -8.08. The minimum Gasteiger partial charge on any atom is -0.491 e. The third-order valence-electron chi connectivity index (χ3n) is 7.82. The molecule has 0 radical (unpaired) electrons. The van der Waals surface area contributed by atoms with Crippen LogP contribution < -0.4 is 4.74 Å². The fraction of sp³-hybridized carbons (Fsp3) is 0.286. The van der Waals surface area contributed by atoms with E-state index in [0.717, 1.165) is 17.0 Å². The minimum atomic E-state index is -6.41. The molecule has 1 saturated heterocycles. The number of hydrogen-bond acceptors (Lipinski definition) is 5. The van der Waals surface area contributed by atoms with Gasteiger partial charge in [0, 0.05) is 23.2 Å². The topological polar surface area (TPSA) is 101 Å². The lowest BCUT2D eigenvalue weighted by Gasteiger charge is -2.42. The third kappa shape index (κ3) is 4.43. The van der Waals surface area contributed by atoms with E-state index < -0.39 is 68.4 Å². The maximum absolute atomic E-state index is 14.9. The molecule has 0 spiro atoms. The number of fused-ring (bicyclic) bond motifs is 3. The van der Waals surface area contributed by atoms with Crippen LogP contribution in [-0.4, -0.2) is 61.8 Å². The minimum absolute atomic E-state index is 0.00313. The summed E-state index contributed by atoms with van der Waals surface area (Å²) in [6, 6.07) is 11.4. The zero-order valence-electron chi connectivity index (χ0n) is 21.6. The Morgan fingerprint density at radius 1 is 0.860 bits per heavy atom. The average molecular weight is 632 g/mol. The lowest BCUT2D eigenvalue weighted by Crippen LogP contribution is -2.55. The molecule has 0 saturated carbocycles. The molecular weight excluding hydrogens is 611 g/mol. The van der Waals surface area contributed by atoms with Gasteiger partial charge in [0.25, 0.3) is 5.91 Å². The number of sulfone groups is 1. The predicted octanol–water partition coefficient (Wildman–Crippen LogP) is 5.65. The Kier molecular flexibility index (Phi) is 7.02. The summed E-state index contributed by atoms with van der Waals surface area (Å²) in [5.74, 6) is -2.67. The number of carbonyl (C=O) groups is 2. The van der Waals surface area contributed by atoms with Crippen LogP contribution in [0.2, 0.25) is 0 Å². The van der Waals surface area contributed by atoms with Crippen LogP contribution in [0.5, 0.6) is 5.75 Å². The van der Waals surface area contributed by atoms with Crippen LogP contribution in [-0.2, 0) is 20.3 Å². The van der Waals surface area contributed by atoms with Crippen LogP contribution in [0.15, 0.2) is 77.7 Å². The molecule has 1 amide bonds. The van der Waals surface area contributed by atoms with E-state index in [0.29, 0.717) is 6.07 Å². The van der Waals surface area contributed by atoms with Crippen molar-refractivity contribution in [2.45, 2.75) is 40.1 Å². The van der Waals surface area contributed by atoms with Crippen molar-refractivity contribution in [2.24, 2.45) is 0 Å². The summed E-state index contributed by atoms with van der Waals surface area (Å²) in [7, 11) is -4.54. The highest BCUT2D eigenvalue weighted by molar-refractivity contribution is 7.92. The highest BCUT2D eigenvalue weighted by Gasteiger charge is 2.74. The molecule has 0 aromatic heterocycles. The van der Waals surface area contributed by atoms with Crippen molar-refractivity contribution in [2.75, 3.05) is 13.2 Å². The van der Waals surface area contributed by atoms with Gasteiger partial charge in [-0.1, -0.05) is 30.3 Å². The first-order valence-electron chi connectivity index (χ1n) is 12.5. The highest BCUT2D eigenvalue weighted by atomic mass is 32.2. The van der Waals surface area contributed by atoms with E-state index in [2.05, 4.69) is 0 Å². The number of benzene rings is 3. The first kappa shape index (κ1) is 30.3. The maximum Gasteiger partial charge on any atom is 0.435 e. The summed E-state index contributed by atoms with van der Waals surface area (Å²) in [6.45, 7) is -0.891. The van der Waals surface area contributed by atoms with Gasteiger partial charge in [-0.2, -0.15) is 26.3 Å². The van der Waals surface area contributed by atoms with Crippen molar-refractivity contribution in [3.8, 4) is 5.75 Å². The van der Waals surface area contributed by atoms with E-state index in [1.165, 1.54) is 42.5 Å². The Hall–Kier alpha value is -4.14. The number of hydrogen-bond donors (Lipinski definition) is 1. The van der Waals surface area contributed by atoms with E-state index in [4.69, 9.17) is 9.84 Å². The normalized spacial score (nSPS) is 20.6. The molecule has 7 nitrogen and oxygen atoms in total. The van der Waals surface area contributed by atoms with Gasteiger partial charge in [0.2, 0.25) is 0 Å². The Morgan fingerprint density at radius 2 is 1.44 bits per heavy atom. The van der Waals surface area contributed by atoms with Crippen molar-refractivity contribution in [3.63, 3.8) is 0 Å². The van der Waals surface area contributed by atoms with Crippen LogP contribution in [0, 0.1) is 0 Å². The molecule has 2 unspecified atom stereocenters. The molecule has 0 bridgehead atoms. The molecule has 3 aromatic rings. The summed E-state index contributed by atoms with van der Waals surface area (Å²) in [4.78, 5) is 25.7. The second-order valence-electron chi connectivity index (χ2n) is 10.0. The zero-order valence-corrected chi connectivity index (χ0v) is 22.4. The second-order valence-corrected chi connectivity index (χ2v) is 12.2. The Morgan fingerprint density at radius 3 is 2.00 bits per heavy atom. The largest absolute Gasteiger partial charge is 0.491 e. The number of carboxylic acid groups (broad SMARTS) is 1. The Bertz CT molecular complexity index is 1680. The van der Waals surface area contributed by atoms with E-state index in [1.807, 2.05) is 0 Å². The smallest absolute Gasteiger partial charge is 0.435 e. The first-order valence-corrected chi connectivity index (χ1v) is 14.0. The number of likely N-dealkylation sites (tertiary alicyclic amines) is 1. The third-order valence-corrected chi connectivity index (χ3v) is 10.4. The molecule has 1 fully saturated rings. The number of ether oxygens (including phenoxy) is 1. The van der Waals surface area contributed by atoms with E-state index in [1.54, 1.807) is 0 Å². The van der Waals surface area contributed by atoms with Gasteiger partial charge in [-0.05, 0) is 48.9 Å².